The quantitative estimate of drug-likeness (QED) is 0.620. The maximum atomic E-state index is 10.8. The lowest BCUT2D eigenvalue weighted by Gasteiger charge is -2.12. The molecule has 21 heavy (non-hydrogen) atoms. The molecule has 0 radical (unpaired) electrons. The number of nitro groups is 1. The van der Waals surface area contributed by atoms with Gasteiger partial charge in [-0.25, -0.2) is 0 Å². The number of nitro benzene ring substituents is 1. The minimum Gasteiger partial charge on any atom is -0.496 e. The number of methoxy groups -OCH3 is 1. The maximum Gasteiger partial charge on any atom is 0.270 e. The lowest BCUT2D eigenvalue weighted by atomic mass is 10.1. The zero-order valence-corrected chi connectivity index (χ0v) is 12.3. The Bertz CT molecular complexity index is 667. The van der Waals surface area contributed by atoms with E-state index in [4.69, 9.17) is 9.47 Å². The van der Waals surface area contributed by atoms with Crippen LogP contribution in [-0.2, 0) is 6.61 Å². The molecule has 0 aromatic heterocycles. The molecule has 2 rings (SSSR count). The molecule has 0 fully saturated rings. The van der Waals surface area contributed by atoms with Crippen LogP contribution in [0.3, 0.4) is 0 Å². The van der Waals surface area contributed by atoms with Gasteiger partial charge < -0.3 is 9.47 Å². The molecule has 0 saturated carbocycles. The summed E-state index contributed by atoms with van der Waals surface area (Å²) in [4.78, 5) is 10.4. The van der Waals surface area contributed by atoms with Gasteiger partial charge in [0.1, 0.15) is 18.1 Å². The summed E-state index contributed by atoms with van der Waals surface area (Å²) in [6, 6.07) is 10.4. The van der Waals surface area contributed by atoms with Crippen LogP contribution in [0.4, 0.5) is 5.69 Å². The summed E-state index contributed by atoms with van der Waals surface area (Å²) in [5, 5.41) is 10.8. The Hall–Kier alpha value is -2.56. The van der Waals surface area contributed by atoms with E-state index in [1.807, 2.05) is 32.0 Å². The van der Waals surface area contributed by atoms with Gasteiger partial charge in [-0.3, -0.25) is 10.1 Å². The molecule has 0 aliphatic rings. The molecule has 0 aliphatic carbocycles. The number of non-ortho nitro benzene ring substituents is 1. The molecule has 110 valence electrons. The summed E-state index contributed by atoms with van der Waals surface area (Å²) in [6.07, 6.45) is 0. The normalized spacial score (nSPS) is 10.2. The predicted molar refractivity (Wildman–Crippen MR) is 79.9 cm³/mol. The maximum absolute atomic E-state index is 10.8. The van der Waals surface area contributed by atoms with Crippen LogP contribution in [0.1, 0.15) is 16.7 Å². The zero-order chi connectivity index (χ0) is 15.4. The van der Waals surface area contributed by atoms with Crippen molar-refractivity contribution in [3.63, 3.8) is 0 Å². The molecular formula is C16H17NO4. The molecule has 0 bridgehead atoms. The monoisotopic (exact) mass is 287 g/mol. The third kappa shape index (κ3) is 3.51. The Balaban J connectivity index is 2.22. The smallest absolute Gasteiger partial charge is 0.270 e. The second-order valence-electron chi connectivity index (χ2n) is 4.81. The highest BCUT2D eigenvalue weighted by molar-refractivity contribution is 5.44. The Labute approximate surface area is 123 Å². The van der Waals surface area contributed by atoms with E-state index >= 15 is 0 Å². The highest BCUT2D eigenvalue weighted by atomic mass is 16.6. The van der Waals surface area contributed by atoms with E-state index in [0.29, 0.717) is 11.3 Å². The number of rotatable bonds is 5. The first-order chi connectivity index (χ1) is 10.0. The Kier molecular flexibility index (Phi) is 4.42. The summed E-state index contributed by atoms with van der Waals surface area (Å²) in [5.74, 6) is 1.33. The predicted octanol–water partition coefficient (Wildman–Crippen LogP) is 3.80. The van der Waals surface area contributed by atoms with Gasteiger partial charge in [-0.05, 0) is 31.5 Å². The van der Waals surface area contributed by atoms with Crippen LogP contribution < -0.4 is 9.47 Å². The van der Waals surface area contributed by atoms with Crippen molar-refractivity contribution in [2.75, 3.05) is 7.11 Å². The SMILES string of the molecule is COc1ccc([N+](=O)[O-])cc1COc1ccc(C)cc1C. The lowest BCUT2D eigenvalue weighted by Crippen LogP contribution is -2.01. The molecule has 2 aromatic carbocycles. The van der Waals surface area contributed by atoms with E-state index in [0.717, 1.165) is 16.9 Å². The van der Waals surface area contributed by atoms with Crippen LogP contribution >= 0.6 is 0 Å². The van der Waals surface area contributed by atoms with Crippen LogP contribution in [0, 0.1) is 24.0 Å². The van der Waals surface area contributed by atoms with Crippen molar-refractivity contribution in [3.05, 3.63) is 63.2 Å². The van der Waals surface area contributed by atoms with Crippen molar-refractivity contribution in [2.45, 2.75) is 20.5 Å². The van der Waals surface area contributed by atoms with Crippen LogP contribution in [0.15, 0.2) is 36.4 Å². The number of ether oxygens (including phenoxy) is 2. The highest BCUT2D eigenvalue weighted by Gasteiger charge is 2.12. The van der Waals surface area contributed by atoms with Crippen molar-refractivity contribution in [3.8, 4) is 11.5 Å². The van der Waals surface area contributed by atoms with Crippen LogP contribution in [-0.4, -0.2) is 12.0 Å². The fourth-order valence-corrected chi connectivity index (χ4v) is 2.11. The van der Waals surface area contributed by atoms with Crippen molar-refractivity contribution in [1.29, 1.82) is 0 Å². The Morgan fingerprint density at radius 3 is 2.43 bits per heavy atom. The van der Waals surface area contributed by atoms with Gasteiger partial charge in [-0.1, -0.05) is 17.7 Å². The second kappa shape index (κ2) is 6.26. The summed E-state index contributed by atoms with van der Waals surface area (Å²) in [7, 11) is 1.53. The van der Waals surface area contributed by atoms with Gasteiger partial charge in [0.25, 0.3) is 5.69 Å². The van der Waals surface area contributed by atoms with Crippen molar-refractivity contribution < 1.29 is 14.4 Å². The van der Waals surface area contributed by atoms with Crippen molar-refractivity contribution in [1.82, 2.24) is 0 Å². The van der Waals surface area contributed by atoms with Crippen LogP contribution in [0.25, 0.3) is 0 Å². The summed E-state index contributed by atoms with van der Waals surface area (Å²) in [5.41, 5.74) is 2.86. The van der Waals surface area contributed by atoms with Gasteiger partial charge in [0.2, 0.25) is 0 Å². The molecule has 5 heteroatoms. The van der Waals surface area contributed by atoms with Crippen LogP contribution in [0.5, 0.6) is 11.5 Å². The van der Waals surface area contributed by atoms with Gasteiger partial charge in [-0.2, -0.15) is 0 Å². The molecule has 2 aromatic rings. The lowest BCUT2D eigenvalue weighted by molar-refractivity contribution is -0.385. The fraction of sp³-hybridized carbons (Fsp3) is 0.250. The zero-order valence-electron chi connectivity index (χ0n) is 12.3. The first kappa shape index (κ1) is 14.8. The van der Waals surface area contributed by atoms with Gasteiger partial charge in [0.15, 0.2) is 0 Å². The summed E-state index contributed by atoms with van der Waals surface area (Å²) >= 11 is 0. The van der Waals surface area contributed by atoms with Gasteiger partial charge in [0, 0.05) is 17.7 Å². The molecule has 0 amide bonds. The van der Waals surface area contributed by atoms with E-state index in [9.17, 15) is 10.1 Å². The minimum atomic E-state index is -0.430. The van der Waals surface area contributed by atoms with Gasteiger partial charge in [0.05, 0.1) is 12.0 Å². The molecule has 0 aliphatic heterocycles. The van der Waals surface area contributed by atoms with E-state index in [-0.39, 0.29) is 12.3 Å². The molecule has 5 nitrogen and oxygen atoms in total. The molecule has 0 N–H and O–H groups in total. The second-order valence-corrected chi connectivity index (χ2v) is 4.81. The average molecular weight is 287 g/mol. The first-order valence-corrected chi connectivity index (χ1v) is 6.52. The van der Waals surface area contributed by atoms with E-state index < -0.39 is 4.92 Å². The molecule has 0 spiro atoms. The van der Waals surface area contributed by atoms with Gasteiger partial charge in [-0.15, -0.1) is 0 Å². The van der Waals surface area contributed by atoms with E-state index in [2.05, 4.69) is 0 Å². The van der Waals surface area contributed by atoms with Gasteiger partial charge >= 0.3 is 0 Å². The summed E-state index contributed by atoms with van der Waals surface area (Å²) < 4.78 is 11.0. The van der Waals surface area contributed by atoms with Crippen molar-refractivity contribution in [2.24, 2.45) is 0 Å². The fourth-order valence-electron chi connectivity index (χ4n) is 2.11. The molecule has 0 heterocycles. The standard InChI is InChI=1S/C16H17NO4/c1-11-4-6-15(12(2)8-11)21-10-13-9-14(17(18)19)5-7-16(13)20-3/h4-9H,10H2,1-3H3. The van der Waals surface area contributed by atoms with E-state index in [1.54, 1.807) is 6.07 Å². The molecular weight excluding hydrogens is 270 g/mol. The topological polar surface area (TPSA) is 61.6 Å². The highest BCUT2D eigenvalue weighted by Crippen LogP contribution is 2.26. The number of nitrogens with zero attached hydrogens (tertiary/aromatic N) is 1. The number of hydrogen-bond donors (Lipinski definition) is 0. The first-order valence-electron chi connectivity index (χ1n) is 6.52. The number of benzene rings is 2. The number of hydrogen-bond acceptors (Lipinski definition) is 4. The molecule has 0 unspecified atom stereocenters. The Morgan fingerprint density at radius 1 is 1.10 bits per heavy atom. The Morgan fingerprint density at radius 2 is 1.81 bits per heavy atom. The van der Waals surface area contributed by atoms with E-state index in [1.165, 1.54) is 19.2 Å². The molecule has 0 saturated heterocycles. The third-order valence-corrected chi connectivity index (χ3v) is 3.19. The third-order valence-electron chi connectivity index (χ3n) is 3.19. The largest absolute Gasteiger partial charge is 0.496 e. The minimum absolute atomic E-state index is 0.0232. The van der Waals surface area contributed by atoms with Crippen molar-refractivity contribution >= 4 is 5.69 Å². The molecule has 0 atom stereocenters. The van der Waals surface area contributed by atoms with Crippen LogP contribution in [0.2, 0.25) is 0 Å². The average Bonchev–Trinajstić information content (AvgIpc) is 2.46. The number of aryl methyl sites for hydroxylation is 2. The summed E-state index contributed by atoms with van der Waals surface area (Å²) in [6.45, 7) is 4.20.